The lowest BCUT2D eigenvalue weighted by Gasteiger charge is -2.22. The maximum Gasteiger partial charge on any atom is 0.297 e. The average Bonchev–Trinajstić information content (AvgIpc) is 2.55. The van der Waals surface area contributed by atoms with Crippen LogP contribution in [-0.4, -0.2) is 41.2 Å². The minimum Gasteiger partial charge on any atom is -0.319 e. The molecule has 18 heavy (non-hydrogen) atoms. The molecule has 0 spiro atoms. The minimum atomic E-state index is -0.0731. The van der Waals surface area contributed by atoms with E-state index in [9.17, 15) is 4.79 Å². The Morgan fingerprint density at radius 2 is 1.94 bits per heavy atom. The molecule has 0 radical (unpaired) electrons. The summed E-state index contributed by atoms with van der Waals surface area (Å²) >= 11 is 0. The third-order valence-corrected chi connectivity index (χ3v) is 3.94. The molecule has 1 amide bonds. The Bertz CT molecular complexity index is 364. The first-order chi connectivity index (χ1) is 8.45. The van der Waals surface area contributed by atoms with Crippen LogP contribution in [0.1, 0.15) is 40.5 Å². The molecule has 0 bridgehead atoms. The third kappa shape index (κ3) is 2.07. The molecule has 2 atom stereocenters. The van der Waals surface area contributed by atoms with Gasteiger partial charge in [0.1, 0.15) is 5.92 Å². The molecule has 2 heterocycles. The quantitative estimate of drug-likeness (QED) is 0.704. The van der Waals surface area contributed by atoms with Crippen LogP contribution >= 0.6 is 0 Å². The lowest BCUT2D eigenvalue weighted by atomic mass is 9.95. The Hall–Kier alpha value is -0.900. The van der Waals surface area contributed by atoms with Crippen molar-refractivity contribution in [2.45, 2.75) is 46.8 Å². The number of hydrazine groups is 1. The van der Waals surface area contributed by atoms with Gasteiger partial charge in [0.15, 0.2) is 5.71 Å². The van der Waals surface area contributed by atoms with Gasteiger partial charge in [-0.2, -0.15) is 0 Å². The summed E-state index contributed by atoms with van der Waals surface area (Å²) in [5.41, 5.74) is 1.29. The fourth-order valence-corrected chi connectivity index (χ4v) is 3.29. The number of amides is 1. The summed E-state index contributed by atoms with van der Waals surface area (Å²) in [7, 11) is 1.87. The zero-order valence-electron chi connectivity index (χ0n) is 12.1. The second kappa shape index (κ2) is 5.00. The lowest BCUT2D eigenvalue weighted by molar-refractivity contribution is -0.717. The first kappa shape index (κ1) is 13.5. The number of hydrazone groups is 1. The van der Waals surface area contributed by atoms with E-state index in [0.29, 0.717) is 11.8 Å². The Labute approximate surface area is 110 Å². The number of carbonyl (C=O) groups excluding carboxylic acids is 1. The number of carbonyl (C=O) groups is 1. The molecule has 2 fully saturated rings. The molecule has 4 heteroatoms. The van der Waals surface area contributed by atoms with Crippen molar-refractivity contribution < 1.29 is 14.2 Å². The largest absolute Gasteiger partial charge is 0.319 e. The molecule has 0 aliphatic carbocycles. The van der Waals surface area contributed by atoms with E-state index in [4.69, 9.17) is 4.74 Å². The maximum absolute atomic E-state index is 12.3. The van der Waals surface area contributed by atoms with Crippen LogP contribution < -0.4 is 0 Å². The summed E-state index contributed by atoms with van der Waals surface area (Å²) < 4.78 is 7.99. The van der Waals surface area contributed by atoms with Gasteiger partial charge >= 0.3 is 0 Å². The van der Waals surface area contributed by atoms with Crippen molar-refractivity contribution in [1.29, 1.82) is 0 Å². The molecule has 2 rings (SSSR count). The van der Waals surface area contributed by atoms with E-state index in [0.717, 1.165) is 19.4 Å². The highest BCUT2D eigenvalue weighted by Gasteiger charge is 2.53. The van der Waals surface area contributed by atoms with E-state index in [1.807, 2.05) is 7.05 Å². The Balaban J connectivity index is 2.47. The second-order valence-electron chi connectivity index (χ2n) is 5.95. The molecular formula is C14H25N2O2+. The van der Waals surface area contributed by atoms with Crippen LogP contribution in [-0.2, 0) is 9.53 Å². The van der Waals surface area contributed by atoms with E-state index in [1.54, 1.807) is 5.01 Å². The number of fused-ring (bicyclic) bond motifs is 1. The fraction of sp³-hybridized carbons (Fsp3) is 0.857. The van der Waals surface area contributed by atoms with Crippen LogP contribution in [0.25, 0.3) is 0 Å². The first-order valence-electron chi connectivity index (χ1n) is 7.00. The van der Waals surface area contributed by atoms with E-state index < -0.39 is 0 Å². The van der Waals surface area contributed by atoms with Crippen LogP contribution in [0.4, 0.5) is 0 Å². The first-order valence-corrected chi connectivity index (χ1v) is 7.00. The number of rotatable bonds is 2. The van der Waals surface area contributed by atoms with Gasteiger partial charge < -0.3 is 4.74 Å². The van der Waals surface area contributed by atoms with Gasteiger partial charge in [-0.15, -0.1) is 5.01 Å². The molecular weight excluding hydrogens is 228 g/mol. The molecule has 2 unspecified atom stereocenters. The molecule has 0 aromatic carbocycles. The van der Waals surface area contributed by atoms with Gasteiger partial charge in [-0.05, 0) is 12.8 Å². The van der Waals surface area contributed by atoms with Crippen molar-refractivity contribution >= 4 is 11.6 Å². The van der Waals surface area contributed by atoms with Crippen molar-refractivity contribution in [2.24, 2.45) is 17.8 Å². The van der Waals surface area contributed by atoms with Crippen LogP contribution in [0, 0.1) is 17.8 Å². The van der Waals surface area contributed by atoms with Crippen molar-refractivity contribution in [1.82, 2.24) is 5.01 Å². The van der Waals surface area contributed by atoms with E-state index in [1.165, 1.54) is 5.71 Å². The number of hydrogen-bond acceptors (Lipinski definition) is 2. The Morgan fingerprint density at radius 3 is 2.50 bits per heavy atom. The molecule has 4 nitrogen and oxygen atoms in total. The smallest absolute Gasteiger partial charge is 0.297 e. The van der Waals surface area contributed by atoms with Crippen LogP contribution in [0.2, 0.25) is 0 Å². The highest BCUT2D eigenvalue weighted by molar-refractivity contribution is 5.86. The predicted octanol–water partition coefficient (Wildman–Crippen LogP) is 1.89. The summed E-state index contributed by atoms with van der Waals surface area (Å²) in [5.74, 6) is 1.07. The summed E-state index contributed by atoms with van der Waals surface area (Å²) in [6, 6.07) is 0. The average molecular weight is 253 g/mol. The topological polar surface area (TPSA) is 32.6 Å². The SMILES string of the molecule is CC(C)C(C(C)C)=[N+]1C2OCCCC2C(=O)N1C. The normalized spacial score (nSPS) is 28.3. The van der Waals surface area contributed by atoms with Crippen molar-refractivity contribution in [2.75, 3.05) is 13.7 Å². The van der Waals surface area contributed by atoms with Crippen molar-refractivity contribution in [3.05, 3.63) is 0 Å². The second-order valence-corrected chi connectivity index (χ2v) is 5.95. The summed E-state index contributed by atoms with van der Waals surface area (Å²) in [6.07, 6.45) is 1.87. The Morgan fingerprint density at radius 1 is 1.33 bits per heavy atom. The van der Waals surface area contributed by atoms with Crippen LogP contribution in [0.15, 0.2) is 0 Å². The van der Waals surface area contributed by atoms with E-state index in [2.05, 4.69) is 32.4 Å². The molecule has 102 valence electrons. The highest BCUT2D eigenvalue weighted by atomic mass is 16.5. The van der Waals surface area contributed by atoms with Crippen molar-refractivity contribution in [3.8, 4) is 0 Å². The summed E-state index contributed by atoms with van der Waals surface area (Å²) in [6.45, 7) is 9.50. The molecule has 0 saturated carbocycles. The maximum atomic E-state index is 12.3. The van der Waals surface area contributed by atoms with Gasteiger partial charge in [0, 0.05) is 11.8 Å². The van der Waals surface area contributed by atoms with Gasteiger partial charge in [0.2, 0.25) is 0 Å². The zero-order valence-corrected chi connectivity index (χ0v) is 12.1. The van der Waals surface area contributed by atoms with Gasteiger partial charge in [-0.1, -0.05) is 32.4 Å². The minimum absolute atomic E-state index is 0.0243. The van der Waals surface area contributed by atoms with Gasteiger partial charge in [0.05, 0.1) is 13.7 Å². The highest BCUT2D eigenvalue weighted by Crippen LogP contribution is 2.31. The fourth-order valence-electron chi connectivity index (χ4n) is 3.29. The molecule has 2 aliphatic heterocycles. The monoisotopic (exact) mass is 253 g/mol. The predicted molar refractivity (Wildman–Crippen MR) is 70.2 cm³/mol. The van der Waals surface area contributed by atoms with E-state index >= 15 is 0 Å². The van der Waals surface area contributed by atoms with Crippen molar-refractivity contribution in [3.63, 3.8) is 0 Å². The molecule has 2 saturated heterocycles. The van der Waals surface area contributed by atoms with Gasteiger partial charge in [0.25, 0.3) is 12.1 Å². The molecule has 0 aromatic rings. The lowest BCUT2D eigenvalue weighted by Crippen LogP contribution is -2.42. The molecule has 0 aromatic heterocycles. The van der Waals surface area contributed by atoms with Gasteiger partial charge in [-0.25, -0.2) is 0 Å². The van der Waals surface area contributed by atoms with E-state index in [-0.39, 0.29) is 18.1 Å². The molecule has 0 N–H and O–H groups in total. The summed E-state index contributed by atoms with van der Waals surface area (Å²) in [4.78, 5) is 12.3. The summed E-state index contributed by atoms with van der Waals surface area (Å²) in [5, 5.41) is 1.77. The zero-order chi connectivity index (χ0) is 13.4. The third-order valence-electron chi connectivity index (χ3n) is 3.94. The number of nitrogens with zero attached hydrogens (tertiary/aromatic N) is 2. The van der Waals surface area contributed by atoms with Crippen LogP contribution in [0.5, 0.6) is 0 Å². The Kier molecular flexibility index (Phi) is 3.76. The number of ether oxygens (including phenoxy) is 1. The standard InChI is InChI=1S/C14H25N2O2/c1-9(2)12(10(3)4)16-14-11(7-6-8-18-14)13(17)15(16)5/h9-11,14H,6-8H2,1-5H3/q+1. The van der Waals surface area contributed by atoms with Gasteiger partial charge in [-0.3, -0.25) is 4.79 Å². The molecule has 2 aliphatic rings. The number of hydrogen-bond donors (Lipinski definition) is 0. The van der Waals surface area contributed by atoms with Crippen LogP contribution in [0.3, 0.4) is 0 Å².